The summed E-state index contributed by atoms with van der Waals surface area (Å²) in [4.78, 5) is 8.74. The molecule has 0 radical (unpaired) electrons. The van der Waals surface area contributed by atoms with E-state index in [2.05, 4.69) is 29.8 Å². The van der Waals surface area contributed by atoms with Crippen LogP contribution in [0.2, 0.25) is 0 Å². The van der Waals surface area contributed by atoms with Crippen molar-refractivity contribution in [2.24, 2.45) is 15.7 Å². The Hall–Kier alpha value is -0.660. The van der Waals surface area contributed by atoms with Gasteiger partial charge in [-0.25, -0.2) is 9.98 Å². The minimum Gasteiger partial charge on any atom is -0.330 e. The Balaban J connectivity index is 2.43. The van der Waals surface area contributed by atoms with Crippen LogP contribution in [-0.2, 0) is 0 Å². The monoisotopic (exact) mass is 209 g/mol. The van der Waals surface area contributed by atoms with E-state index in [9.17, 15) is 0 Å². The lowest BCUT2D eigenvalue weighted by molar-refractivity contribution is 0.443. The quantitative estimate of drug-likeness (QED) is 0.711. The van der Waals surface area contributed by atoms with E-state index in [-0.39, 0.29) is 5.54 Å². The van der Waals surface area contributed by atoms with E-state index < -0.39 is 0 Å². The van der Waals surface area contributed by atoms with Crippen molar-refractivity contribution in [2.45, 2.75) is 64.0 Å². The SMILES string of the molecule is CC(C)(CCN)N=C=NC1CCCCC1. The molecule has 0 amide bonds. The van der Waals surface area contributed by atoms with Crippen LogP contribution in [0.15, 0.2) is 9.98 Å². The third-order valence-corrected chi connectivity index (χ3v) is 2.92. The van der Waals surface area contributed by atoms with Crippen LogP contribution in [0.25, 0.3) is 0 Å². The summed E-state index contributed by atoms with van der Waals surface area (Å²) in [5.74, 6) is 0. The molecule has 0 aromatic heterocycles. The van der Waals surface area contributed by atoms with Gasteiger partial charge in [-0.3, -0.25) is 0 Å². The molecular formula is C12H23N3. The Morgan fingerprint density at radius 1 is 1.27 bits per heavy atom. The number of nitrogens with two attached hydrogens (primary N) is 1. The van der Waals surface area contributed by atoms with Gasteiger partial charge in [-0.2, -0.15) is 0 Å². The lowest BCUT2D eigenvalue weighted by Crippen LogP contribution is -2.21. The Labute approximate surface area is 92.9 Å². The van der Waals surface area contributed by atoms with E-state index in [1.807, 2.05) is 0 Å². The average molecular weight is 209 g/mol. The van der Waals surface area contributed by atoms with Gasteiger partial charge in [-0.05, 0) is 39.7 Å². The standard InChI is InChI=1S/C12H23N3/c1-12(2,8-9-13)15-10-14-11-6-4-3-5-7-11/h11H,3-9,13H2,1-2H3. The van der Waals surface area contributed by atoms with Crippen LogP contribution in [0.4, 0.5) is 0 Å². The summed E-state index contributed by atoms with van der Waals surface area (Å²) in [6.45, 7) is 4.81. The molecule has 0 unspecified atom stereocenters. The fourth-order valence-corrected chi connectivity index (χ4v) is 1.87. The van der Waals surface area contributed by atoms with Gasteiger partial charge in [-0.15, -0.1) is 0 Å². The fourth-order valence-electron chi connectivity index (χ4n) is 1.87. The number of rotatable bonds is 4. The molecule has 0 aromatic rings. The number of hydrogen-bond acceptors (Lipinski definition) is 3. The molecule has 0 atom stereocenters. The molecule has 1 aliphatic carbocycles. The first-order chi connectivity index (χ1) is 7.14. The summed E-state index contributed by atoms with van der Waals surface area (Å²) in [6, 6.07) is 3.34. The second kappa shape index (κ2) is 6.04. The van der Waals surface area contributed by atoms with Gasteiger partial charge in [0.1, 0.15) is 0 Å². The minimum absolute atomic E-state index is 0.104. The van der Waals surface area contributed by atoms with Gasteiger partial charge >= 0.3 is 0 Å². The van der Waals surface area contributed by atoms with E-state index in [1.165, 1.54) is 32.1 Å². The normalized spacial score (nSPS) is 18.3. The predicted octanol–water partition coefficient (Wildman–Crippen LogP) is 2.62. The van der Waals surface area contributed by atoms with Crippen molar-refractivity contribution in [1.29, 1.82) is 0 Å². The zero-order valence-electron chi connectivity index (χ0n) is 10.00. The maximum absolute atomic E-state index is 5.51. The fraction of sp³-hybridized carbons (Fsp3) is 0.917. The highest BCUT2D eigenvalue weighted by Crippen LogP contribution is 2.19. The van der Waals surface area contributed by atoms with E-state index in [0.717, 1.165) is 6.42 Å². The van der Waals surface area contributed by atoms with E-state index >= 15 is 0 Å². The highest BCUT2D eigenvalue weighted by Gasteiger charge is 2.14. The van der Waals surface area contributed by atoms with Crippen molar-refractivity contribution < 1.29 is 0 Å². The molecular weight excluding hydrogens is 186 g/mol. The zero-order chi connectivity index (χ0) is 11.1. The summed E-state index contributed by atoms with van der Waals surface area (Å²) in [7, 11) is 0. The molecule has 86 valence electrons. The highest BCUT2D eigenvalue weighted by molar-refractivity contribution is 5.42. The summed E-state index contributed by atoms with van der Waals surface area (Å²) in [5, 5.41) is 0. The van der Waals surface area contributed by atoms with Crippen LogP contribution >= 0.6 is 0 Å². The largest absolute Gasteiger partial charge is 0.330 e. The van der Waals surface area contributed by atoms with E-state index in [0.29, 0.717) is 12.6 Å². The van der Waals surface area contributed by atoms with Crippen molar-refractivity contribution >= 4 is 6.01 Å². The highest BCUT2D eigenvalue weighted by atomic mass is 14.9. The molecule has 0 heterocycles. The van der Waals surface area contributed by atoms with Gasteiger partial charge in [0.2, 0.25) is 0 Å². The Morgan fingerprint density at radius 2 is 1.93 bits per heavy atom. The topological polar surface area (TPSA) is 50.7 Å². The van der Waals surface area contributed by atoms with Crippen molar-refractivity contribution in [3.63, 3.8) is 0 Å². The Morgan fingerprint density at radius 3 is 2.53 bits per heavy atom. The van der Waals surface area contributed by atoms with Gasteiger partial charge in [0.05, 0.1) is 17.6 Å². The lowest BCUT2D eigenvalue weighted by Gasteiger charge is -2.17. The van der Waals surface area contributed by atoms with Crippen molar-refractivity contribution in [1.82, 2.24) is 0 Å². The maximum Gasteiger partial charge on any atom is 0.0901 e. The van der Waals surface area contributed by atoms with Crippen LogP contribution in [0.1, 0.15) is 52.4 Å². The molecule has 1 rings (SSSR count). The first kappa shape index (κ1) is 12.4. The molecule has 1 saturated carbocycles. The van der Waals surface area contributed by atoms with Gasteiger partial charge in [0.15, 0.2) is 0 Å². The van der Waals surface area contributed by atoms with Crippen LogP contribution in [0.3, 0.4) is 0 Å². The summed E-state index contributed by atoms with van der Waals surface area (Å²) >= 11 is 0. The first-order valence-corrected chi connectivity index (χ1v) is 6.01. The molecule has 2 N–H and O–H groups in total. The van der Waals surface area contributed by atoms with Gasteiger partial charge in [0, 0.05) is 0 Å². The van der Waals surface area contributed by atoms with Crippen LogP contribution in [0.5, 0.6) is 0 Å². The molecule has 0 aliphatic heterocycles. The molecule has 3 heteroatoms. The summed E-state index contributed by atoms with van der Waals surface area (Å²) < 4.78 is 0. The Bertz CT molecular complexity index is 233. The summed E-state index contributed by atoms with van der Waals surface area (Å²) in [5.41, 5.74) is 5.41. The first-order valence-electron chi connectivity index (χ1n) is 6.01. The smallest absolute Gasteiger partial charge is 0.0901 e. The third-order valence-electron chi connectivity index (χ3n) is 2.92. The molecule has 3 nitrogen and oxygen atoms in total. The van der Waals surface area contributed by atoms with Crippen molar-refractivity contribution in [3.8, 4) is 0 Å². The molecule has 0 saturated heterocycles. The molecule has 1 aliphatic rings. The number of nitrogens with zero attached hydrogens (tertiary/aromatic N) is 2. The third kappa shape index (κ3) is 5.10. The van der Waals surface area contributed by atoms with E-state index in [1.54, 1.807) is 0 Å². The van der Waals surface area contributed by atoms with Gasteiger partial charge < -0.3 is 5.73 Å². The molecule has 0 bridgehead atoms. The van der Waals surface area contributed by atoms with Crippen LogP contribution in [0, 0.1) is 0 Å². The van der Waals surface area contributed by atoms with Gasteiger partial charge in [0.25, 0.3) is 0 Å². The zero-order valence-corrected chi connectivity index (χ0v) is 10.00. The number of hydrogen-bond donors (Lipinski definition) is 1. The molecule has 0 aromatic carbocycles. The van der Waals surface area contributed by atoms with Crippen LogP contribution < -0.4 is 5.73 Å². The minimum atomic E-state index is -0.104. The Kier molecular flexibility index (Phi) is 5.00. The molecule has 0 spiro atoms. The predicted molar refractivity (Wildman–Crippen MR) is 64.5 cm³/mol. The lowest BCUT2D eigenvalue weighted by atomic mass is 9.96. The summed E-state index contributed by atoms with van der Waals surface area (Å²) in [6.07, 6.45) is 7.28. The second-order valence-corrected chi connectivity index (χ2v) is 4.98. The van der Waals surface area contributed by atoms with Crippen molar-refractivity contribution in [3.05, 3.63) is 0 Å². The van der Waals surface area contributed by atoms with E-state index in [4.69, 9.17) is 5.73 Å². The number of aliphatic imine (C=N–C) groups is 2. The average Bonchev–Trinajstić information content (AvgIpc) is 2.19. The second-order valence-electron chi connectivity index (χ2n) is 4.98. The van der Waals surface area contributed by atoms with Gasteiger partial charge in [-0.1, -0.05) is 19.3 Å². The molecule has 1 fully saturated rings. The maximum atomic E-state index is 5.51. The van der Waals surface area contributed by atoms with Crippen LogP contribution in [-0.4, -0.2) is 24.1 Å². The van der Waals surface area contributed by atoms with Crippen molar-refractivity contribution in [2.75, 3.05) is 6.54 Å². The molecule has 15 heavy (non-hydrogen) atoms.